The van der Waals surface area contributed by atoms with E-state index in [1.165, 1.54) is 0 Å². The summed E-state index contributed by atoms with van der Waals surface area (Å²) in [6.45, 7) is 6.32. The third-order valence-electron chi connectivity index (χ3n) is 3.03. The molecule has 1 aliphatic rings. The summed E-state index contributed by atoms with van der Waals surface area (Å²) in [4.78, 5) is 11.4. The molecule has 2 nitrogen and oxygen atoms in total. The van der Waals surface area contributed by atoms with Gasteiger partial charge in [0.25, 0.3) is 0 Å². The molecule has 0 aromatic carbocycles. The molecule has 0 amide bonds. The molecular weight excluding hydrogens is 391 g/mol. The van der Waals surface area contributed by atoms with Crippen molar-refractivity contribution in [2.75, 3.05) is 6.61 Å². The first kappa shape index (κ1) is 14.8. The van der Waals surface area contributed by atoms with Gasteiger partial charge >= 0.3 is 0 Å². The molecule has 1 N–H and O–H groups in total. The molecule has 14 heavy (non-hydrogen) atoms. The fourth-order valence-corrected chi connectivity index (χ4v) is 2.08. The van der Waals surface area contributed by atoms with Crippen LogP contribution < -0.4 is 0 Å². The van der Waals surface area contributed by atoms with E-state index in [9.17, 15) is 4.79 Å². The number of aliphatic hydroxyl groups excluding tert-OH is 1. The van der Waals surface area contributed by atoms with E-state index in [0.717, 1.165) is 17.6 Å². The summed E-state index contributed by atoms with van der Waals surface area (Å²) in [6, 6.07) is 0. The Morgan fingerprint density at radius 3 is 2.50 bits per heavy atom. The fourth-order valence-electron chi connectivity index (χ4n) is 2.08. The van der Waals surface area contributed by atoms with Crippen LogP contribution in [0.4, 0.5) is 0 Å². The van der Waals surface area contributed by atoms with Crippen LogP contribution >= 0.6 is 0 Å². The van der Waals surface area contributed by atoms with E-state index in [-0.39, 0.29) is 61.9 Å². The summed E-state index contributed by atoms with van der Waals surface area (Å²) in [5.41, 5.74) is 2.12. The average molecular weight is 409 g/mol. The maximum atomic E-state index is 11.4. The predicted octanol–water partition coefficient (Wildman–Crippen LogP) is 2.07. The van der Waals surface area contributed by atoms with Crippen LogP contribution in [0.5, 0.6) is 0 Å². The van der Waals surface area contributed by atoms with Crippen LogP contribution in [0.3, 0.4) is 0 Å². The second kappa shape index (κ2) is 5.78. The van der Waals surface area contributed by atoms with E-state index in [4.69, 9.17) is 5.11 Å². The zero-order chi connectivity index (χ0) is 10.1. The molecule has 0 aromatic rings. The summed E-state index contributed by atoms with van der Waals surface area (Å²) in [5.74, 6) is 0.253. The Bertz CT molecular complexity index is 254. The van der Waals surface area contributed by atoms with Crippen molar-refractivity contribution in [3.63, 3.8) is 0 Å². The second-order valence-corrected chi connectivity index (χ2v) is 4.38. The van der Waals surface area contributed by atoms with Crippen molar-refractivity contribution in [3.8, 4) is 0 Å². The number of hydrogen-bond acceptors (Lipinski definition) is 2. The standard InChI is InChI=1S/C11H18O2.Ac/c1-8-9(5-7-12)11(2,3)6-4-10(8)13;/h12H,4-7H2,1-3H3;. The number of aliphatic hydroxyl groups is 1. The second-order valence-electron chi connectivity index (χ2n) is 4.38. The van der Waals surface area contributed by atoms with Crippen molar-refractivity contribution in [2.45, 2.75) is 40.0 Å². The SMILES string of the molecule is CC1=C(CCO)C(C)(C)CCC1=O.[Ac]. The van der Waals surface area contributed by atoms with Gasteiger partial charge in [-0.25, -0.2) is 0 Å². The molecule has 1 aliphatic carbocycles. The molecule has 0 bridgehead atoms. The third kappa shape index (κ3) is 3.15. The molecule has 0 heterocycles. The molecule has 0 unspecified atom stereocenters. The zero-order valence-electron chi connectivity index (χ0n) is 9.26. The molecule has 3 heteroatoms. The summed E-state index contributed by atoms with van der Waals surface area (Å²) >= 11 is 0. The summed E-state index contributed by atoms with van der Waals surface area (Å²) in [5, 5.41) is 8.91. The van der Waals surface area contributed by atoms with Crippen molar-refractivity contribution in [2.24, 2.45) is 5.41 Å². The Morgan fingerprint density at radius 1 is 1.43 bits per heavy atom. The summed E-state index contributed by atoms with van der Waals surface area (Å²) < 4.78 is 0. The molecule has 0 fully saturated rings. The number of Topliss-reactive ketones (excluding diaryl/α,β-unsaturated/α-hetero) is 1. The normalized spacial score (nSPS) is 20.7. The molecule has 0 saturated heterocycles. The number of rotatable bonds is 2. The minimum atomic E-state index is 0. The molecule has 1 rings (SSSR count). The van der Waals surface area contributed by atoms with Crippen LogP contribution in [0.25, 0.3) is 0 Å². The molecule has 0 saturated carbocycles. The average Bonchev–Trinajstić information content (AvgIpc) is 2.07. The Labute approximate surface area is 122 Å². The van der Waals surface area contributed by atoms with Gasteiger partial charge in [0, 0.05) is 57.1 Å². The van der Waals surface area contributed by atoms with Crippen LogP contribution in [0, 0.1) is 49.5 Å². The van der Waals surface area contributed by atoms with Gasteiger partial charge in [-0.3, -0.25) is 4.79 Å². The van der Waals surface area contributed by atoms with Crippen molar-refractivity contribution in [3.05, 3.63) is 11.1 Å². The van der Waals surface area contributed by atoms with Crippen molar-refractivity contribution < 1.29 is 54.0 Å². The van der Waals surface area contributed by atoms with Gasteiger partial charge in [-0.05, 0) is 30.8 Å². The minimum Gasteiger partial charge on any atom is -0.396 e. The fraction of sp³-hybridized carbons (Fsp3) is 0.727. The number of hydrogen-bond donors (Lipinski definition) is 1. The Kier molecular flexibility index (Phi) is 6.11. The van der Waals surface area contributed by atoms with Crippen LogP contribution in [0.1, 0.15) is 40.0 Å². The van der Waals surface area contributed by atoms with Gasteiger partial charge < -0.3 is 5.11 Å². The smallest absolute Gasteiger partial charge is 0.158 e. The van der Waals surface area contributed by atoms with Gasteiger partial charge in [0.15, 0.2) is 5.78 Å². The van der Waals surface area contributed by atoms with E-state index < -0.39 is 0 Å². The molecular formula is C11H18AcO2. The number of carbonyl (C=O) groups is 1. The van der Waals surface area contributed by atoms with Gasteiger partial charge in [0.2, 0.25) is 0 Å². The topological polar surface area (TPSA) is 37.3 Å². The monoisotopic (exact) mass is 409 g/mol. The predicted molar refractivity (Wildman–Crippen MR) is 52.4 cm³/mol. The molecule has 0 spiro atoms. The molecule has 0 aliphatic heterocycles. The number of allylic oxidation sites excluding steroid dienone is 1. The van der Waals surface area contributed by atoms with Crippen LogP contribution in [-0.2, 0) is 4.79 Å². The van der Waals surface area contributed by atoms with Gasteiger partial charge in [-0.1, -0.05) is 19.4 Å². The van der Waals surface area contributed by atoms with Gasteiger partial charge in [0.1, 0.15) is 0 Å². The van der Waals surface area contributed by atoms with Crippen LogP contribution in [0.2, 0.25) is 0 Å². The maximum absolute atomic E-state index is 11.4. The summed E-state index contributed by atoms with van der Waals surface area (Å²) in [7, 11) is 0. The number of ketones is 1. The Morgan fingerprint density at radius 2 is 2.00 bits per heavy atom. The first-order valence-electron chi connectivity index (χ1n) is 4.83. The largest absolute Gasteiger partial charge is 0.396 e. The molecule has 77 valence electrons. The van der Waals surface area contributed by atoms with Crippen molar-refractivity contribution in [1.29, 1.82) is 0 Å². The molecule has 0 aromatic heterocycles. The molecule has 0 atom stereocenters. The van der Waals surface area contributed by atoms with E-state index >= 15 is 0 Å². The van der Waals surface area contributed by atoms with E-state index in [2.05, 4.69) is 13.8 Å². The summed E-state index contributed by atoms with van der Waals surface area (Å²) in [6.07, 6.45) is 2.22. The Hall–Kier alpha value is 0.812. The Balaban J connectivity index is 0.00000169. The van der Waals surface area contributed by atoms with Crippen LogP contribution in [0.15, 0.2) is 11.1 Å². The van der Waals surface area contributed by atoms with Gasteiger partial charge in [-0.15, -0.1) is 0 Å². The zero-order valence-corrected chi connectivity index (χ0v) is 14.0. The van der Waals surface area contributed by atoms with Gasteiger partial charge in [0.05, 0.1) is 0 Å². The quantitative estimate of drug-likeness (QED) is 0.759. The third-order valence-corrected chi connectivity index (χ3v) is 3.03. The van der Waals surface area contributed by atoms with Crippen molar-refractivity contribution in [1.82, 2.24) is 0 Å². The molecule has 1 radical (unpaired) electrons. The first-order valence-corrected chi connectivity index (χ1v) is 4.83. The van der Waals surface area contributed by atoms with Gasteiger partial charge in [-0.2, -0.15) is 0 Å². The van der Waals surface area contributed by atoms with Crippen LogP contribution in [-0.4, -0.2) is 17.5 Å². The first-order chi connectivity index (χ1) is 5.99. The van der Waals surface area contributed by atoms with Crippen molar-refractivity contribution >= 4 is 5.78 Å². The van der Waals surface area contributed by atoms with E-state index in [1.807, 2.05) is 6.92 Å². The minimum absolute atomic E-state index is 0. The maximum Gasteiger partial charge on any atom is 0.158 e. The van der Waals surface area contributed by atoms with E-state index in [0.29, 0.717) is 12.8 Å². The van der Waals surface area contributed by atoms with E-state index in [1.54, 1.807) is 0 Å². The number of carbonyl (C=O) groups excluding carboxylic acids is 1.